The Morgan fingerprint density at radius 1 is 1.07 bits per heavy atom. The average Bonchev–Trinajstić information content (AvgIpc) is 2.54. The van der Waals surface area contributed by atoms with Crippen LogP contribution < -0.4 is 16.2 Å². The van der Waals surface area contributed by atoms with Crippen molar-refractivity contribution in [1.29, 1.82) is 0 Å². The second-order valence-corrected chi connectivity index (χ2v) is 8.68. The van der Waals surface area contributed by atoms with Crippen LogP contribution in [0.1, 0.15) is 40.5 Å². The standard InChI is InChI=1S/C16H29N3O8S/c1-6-7-8-26-16(23)17-13(10(2)3)14(27-11(4)20)15(22)19-18-12(21)9-28(5,24)25/h10,13-14H,6-9H2,1-5H3,(H,17,23)(H,18,21)(H,19,22). The van der Waals surface area contributed by atoms with E-state index in [4.69, 9.17) is 9.47 Å². The van der Waals surface area contributed by atoms with Gasteiger partial charge in [-0.05, 0) is 12.3 Å². The molecule has 0 bridgehead atoms. The van der Waals surface area contributed by atoms with E-state index in [1.807, 2.05) is 17.8 Å². The first-order chi connectivity index (χ1) is 12.9. The Balaban J connectivity index is 5.14. The molecule has 3 amide bonds. The van der Waals surface area contributed by atoms with Gasteiger partial charge in [-0.3, -0.25) is 25.2 Å². The molecule has 28 heavy (non-hydrogen) atoms. The number of ether oxygens (including phenoxy) is 2. The Hall–Kier alpha value is -2.37. The largest absolute Gasteiger partial charge is 0.450 e. The molecule has 0 fully saturated rings. The first kappa shape index (κ1) is 25.6. The number of sulfone groups is 1. The zero-order chi connectivity index (χ0) is 21.9. The van der Waals surface area contributed by atoms with E-state index in [-0.39, 0.29) is 12.5 Å². The number of nitrogens with one attached hydrogen (secondary N) is 3. The van der Waals surface area contributed by atoms with Gasteiger partial charge in [0.05, 0.1) is 12.6 Å². The maximum absolute atomic E-state index is 12.4. The number of carbonyl (C=O) groups is 4. The Morgan fingerprint density at radius 2 is 1.68 bits per heavy atom. The fourth-order valence-electron chi connectivity index (χ4n) is 2.02. The molecular formula is C16H29N3O8S. The van der Waals surface area contributed by atoms with Crippen molar-refractivity contribution < 1.29 is 37.1 Å². The molecule has 0 aliphatic carbocycles. The predicted molar refractivity (Wildman–Crippen MR) is 99.6 cm³/mol. The number of unbranched alkanes of at least 4 members (excludes halogenated alkanes) is 1. The molecule has 0 aromatic heterocycles. The van der Waals surface area contributed by atoms with E-state index in [2.05, 4.69) is 5.32 Å². The van der Waals surface area contributed by atoms with Crippen LogP contribution in [0, 0.1) is 5.92 Å². The molecule has 11 nitrogen and oxygen atoms in total. The fraction of sp³-hybridized carbons (Fsp3) is 0.750. The molecule has 12 heteroatoms. The van der Waals surface area contributed by atoms with Gasteiger partial charge in [0.15, 0.2) is 9.84 Å². The van der Waals surface area contributed by atoms with Gasteiger partial charge in [-0.25, -0.2) is 13.2 Å². The summed E-state index contributed by atoms with van der Waals surface area (Å²) < 4.78 is 32.2. The van der Waals surface area contributed by atoms with Crippen LogP contribution in [0.2, 0.25) is 0 Å². The van der Waals surface area contributed by atoms with Gasteiger partial charge in [-0.15, -0.1) is 0 Å². The van der Waals surface area contributed by atoms with E-state index in [0.29, 0.717) is 6.42 Å². The quantitative estimate of drug-likeness (QED) is 0.245. The van der Waals surface area contributed by atoms with Gasteiger partial charge >= 0.3 is 12.1 Å². The number of hydrogen-bond donors (Lipinski definition) is 3. The minimum absolute atomic E-state index is 0.194. The molecule has 2 atom stereocenters. The van der Waals surface area contributed by atoms with Gasteiger partial charge < -0.3 is 14.8 Å². The van der Waals surface area contributed by atoms with Gasteiger partial charge in [-0.1, -0.05) is 27.2 Å². The number of esters is 1. The SMILES string of the molecule is CCCCOC(=O)NC(C(C)C)C(OC(C)=O)C(=O)NNC(=O)CS(C)(=O)=O. The van der Waals surface area contributed by atoms with Crippen molar-refractivity contribution >= 4 is 33.7 Å². The molecule has 0 aromatic rings. The lowest BCUT2D eigenvalue weighted by atomic mass is 9.98. The van der Waals surface area contributed by atoms with Crippen LogP contribution in [-0.4, -0.2) is 63.1 Å². The summed E-state index contributed by atoms with van der Waals surface area (Å²) in [6, 6.07) is -0.954. The number of carbonyl (C=O) groups excluding carboxylic acids is 4. The Morgan fingerprint density at radius 3 is 2.14 bits per heavy atom. The van der Waals surface area contributed by atoms with E-state index >= 15 is 0 Å². The van der Waals surface area contributed by atoms with Gasteiger partial charge in [0.2, 0.25) is 6.10 Å². The summed E-state index contributed by atoms with van der Waals surface area (Å²) in [5.74, 6) is -3.87. The molecule has 0 saturated carbocycles. The minimum atomic E-state index is -3.59. The van der Waals surface area contributed by atoms with Crippen molar-refractivity contribution in [2.75, 3.05) is 18.6 Å². The summed E-state index contributed by atoms with van der Waals surface area (Å²) in [6.07, 6.45) is 0.0961. The third kappa shape index (κ3) is 11.4. The maximum Gasteiger partial charge on any atom is 0.407 e. The van der Waals surface area contributed by atoms with Crippen molar-refractivity contribution in [2.24, 2.45) is 5.92 Å². The molecule has 162 valence electrons. The number of amides is 3. The molecule has 0 aromatic carbocycles. The summed E-state index contributed by atoms with van der Waals surface area (Å²) in [7, 11) is -3.59. The summed E-state index contributed by atoms with van der Waals surface area (Å²) in [6.45, 7) is 6.57. The lowest BCUT2D eigenvalue weighted by Gasteiger charge is -2.29. The van der Waals surface area contributed by atoms with E-state index < -0.39 is 51.6 Å². The Labute approximate surface area is 164 Å². The zero-order valence-electron chi connectivity index (χ0n) is 16.7. The monoisotopic (exact) mass is 423 g/mol. The van der Waals surface area contributed by atoms with Crippen LogP contribution in [0.5, 0.6) is 0 Å². The molecule has 0 radical (unpaired) electrons. The molecule has 2 unspecified atom stereocenters. The van der Waals surface area contributed by atoms with Gasteiger partial charge in [-0.2, -0.15) is 0 Å². The maximum atomic E-state index is 12.4. The van der Waals surface area contributed by atoms with Gasteiger partial charge in [0.25, 0.3) is 11.8 Å². The molecule has 0 aliphatic heterocycles. The normalized spacial score (nSPS) is 13.2. The molecule has 3 N–H and O–H groups in total. The van der Waals surface area contributed by atoms with E-state index in [0.717, 1.165) is 19.6 Å². The van der Waals surface area contributed by atoms with Crippen molar-refractivity contribution in [3.05, 3.63) is 0 Å². The molecule has 0 rings (SSSR count). The van der Waals surface area contributed by atoms with E-state index in [1.165, 1.54) is 0 Å². The van der Waals surface area contributed by atoms with Crippen LogP contribution >= 0.6 is 0 Å². The first-order valence-electron chi connectivity index (χ1n) is 8.74. The molecule has 0 spiro atoms. The highest BCUT2D eigenvalue weighted by molar-refractivity contribution is 7.91. The summed E-state index contributed by atoms with van der Waals surface area (Å²) in [4.78, 5) is 47.2. The lowest BCUT2D eigenvalue weighted by molar-refractivity contribution is -0.157. The first-order valence-corrected chi connectivity index (χ1v) is 10.8. The number of hydrazine groups is 1. The summed E-state index contributed by atoms with van der Waals surface area (Å²) in [5, 5.41) is 2.48. The Bertz CT molecular complexity index is 663. The topological polar surface area (TPSA) is 157 Å². The molecule has 0 aliphatic rings. The van der Waals surface area contributed by atoms with Crippen LogP contribution in [0.15, 0.2) is 0 Å². The highest BCUT2D eigenvalue weighted by Crippen LogP contribution is 2.12. The van der Waals surface area contributed by atoms with Crippen LogP contribution in [-0.2, 0) is 33.7 Å². The number of alkyl carbamates (subject to hydrolysis) is 1. The smallest absolute Gasteiger partial charge is 0.407 e. The second-order valence-electron chi connectivity index (χ2n) is 6.54. The highest BCUT2D eigenvalue weighted by atomic mass is 32.2. The van der Waals surface area contributed by atoms with Crippen molar-refractivity contribution in [1.82, 2.24) is 16.2 Å². The van der Waals surface area contributed by atoms with Crippen LogP contribution in [0.4, 0.5) is 4.79 Å². The fourth-order valence-corrected chi connectivity index (χ4v) is 2.57. The Kier molecular flexibility index (Phi) is 11.1. The van der Waals surface area contributed by atoms with Crippen molar-refractivity contribution in [2.45, 2.75) is 52.7 Å². The van der Waals surface area contributed by atoms with Crippen LogP contribution in [0.25, 0.3) is 0 Å². The van der Waals surface area contributed by atoms with Crippen molar-refractivity contribution in [3.63, 3.8) is 0 Å². The van der Waals surface area contributed by atoms with Crippen LogP contribution in [0.3, 0.4) is 0 Å². The minimum Gasteiger partial charge on any atom is -0.450 e. The van der Waals surface area contributed by atoms with Gasteiger partial charge in [0, 0.05) is 13.2 Å². The highest BCUT2D eigenvalue weighted by Gasteiger charge is 2.35. The van der Waals surface area contributed by atoms with Gasteiger partial charge in [0.1, 0.15) is 5.75 Å². The zero-order valence-corrected chi connectivity index (χ0v) is 17.6. The predicted octanol–water partition coefficient (Wildman–Crippen LogP) is -0.339. The number of rotatable bonds is 10. The molecular weight excluding hydrogens is 394 g/mol. The second kappa shape index (κ2) is 12.2. The lowest BCUT2D eigenvalue weighted by Crippen LogP contribution is -2.58. The molecule has 0 heterocycles. The third-order valence-electron chi connectivity index (χ3n) is 3.33. The molecule has 0 saturated heterocycles. The van der Waals surface area contributed by atoms with E-state index in [9.17, 15) is 27.6 Å². The average molecular weight is 423 g/mol. The summed E-state index contributed by atoms with van der Waals surface area (Å²) in [5.41, 5.74) is 3.93. The number of hydrogen-bond acceptors (Lipinski definition) is 8. The summed E-state index contributed by atoms with van der Waals surface area (Å²) >= 11 is 0. The third-order valence-corrected chi connectivity index (χ3v) is 4.12. The van der Waals surface area contributed by atoms with Crippen molar-refractivity contribution in [3.8, 4) is 0 Å². The van der Waals surface area contributed by atoms with E-state index in [1.54, 1.807) is 13.8 Å².